The predicted octanol–water partition coefficient (Wildman–Crippen LogP) is 2.78. The zero-order valence-corrected chi connectivity index (χ0v) is 13.4. The second-order valence-electron chi connectivity index (χ2n) is 5.20. The fourth-order valence-corrected chi connectivity index (χ4v) is 2.92. The maximum atomic E-state index is 13.1. The molecule has 2 rings (SSSR count). The van der Waals surface area contributed by atoms with Gasteiger partial charge >= 0.3 is 10.8 Å². The molecule has 1 aromatic heterocycles. The van der Waals surface area contributed by atoms with Crippen molar-refractivity contribution in [3.63, 3.8) is 0 Å². The molecule has 0 saturated carbocycles. The highest BCUT2D eigenvalue weighted by molar-refractivity contribution is 7.07. The summed E-state index contributed by atoms with van der Waals surface area (Å²) in [4.78, 5) is 23.4. The van der Waals surface area contributed by atoms with Gasteiger partial charge in [-0.1, -0.05) is 30.4 Å². The van der Waals surface area contributed by atoms with E-state index in [1.807, 2.05) is 6.92 Å². The number of esters is 1. The van der Waals surface area contributed by atoms with E-state index in [2.05, 4.69) is 0 Å². The third kappa shape index (κ3) is 4.27. The van der Waals surface area contributed by atoms with E-state index >= 15 is 0 Å². The first-order chi connectivity index (χ1) is 10.5. The molecule has 0 saturated heterocycles. The SMILES string of the molecule is Cc1csc(=O)n1CCOC(=O)C(C)Cc1cccc(F)c1. The molecule has 4 nitrogen and oxygen atoms in total. The second kappa shape index (κ2) is 7.35. The Labute approximate surface area is 132 Å². The van der Waals surface area contributed by atoms with Crippen molar-refractivity contribution in [2.24, 2.45) is 5.92 Å². The van der Waals surface area contributed by atoms with Gasteiger partial charge in [0.2, 0.25) is 0 Å². The Kier molecular flexibility index (Phi) is 5.49. The zero-order chi connectivity index (χ0) is 16.1. The Morgan fingerprint density at radius 3 is 2.86 bits per heavy atom. The number of hydrogen-bond donors (Lipinski definition) is 0. The van der Waals surface area contributed by atoms with Crippen LogP contribution in [0.4, 0.5) is 4.39 Å². The average molecular weight is 323 g/mol. The summed E-state index contributed by atoms with van der Waals surface area (Å²) >= 11 is 1.13. The van der Waals surface area contributed by atoms with Gasteiger partial charge in [-0.2, -0.15) is 0 Å². The first-order valence-corrected chi connectivity index (χ1v) is 7.91. The smallest absolute Gasteiger partial charge is 0.309 e. The molecule has 22 heavy (non-hydrogen) atoms. The summed E-state index contributed by atoms with van der Waals surface area (Å²) in [6.45, 7) is 4.10. The van der Waals surface area contributed by atoms with E-state index in [1.165, 1.54) is 12.1 Å². The highest BCUT2D eigenvalue weighted by atomic mass is 32.1. The zero-order valence-electron chi connectivity index (χ0n) is 12.5. The first-order valence-electron chi connectivity index (χ1n) is 7.03. The molecular formula is C16H18FNO3S. The number of carbonyl (C=O) groups excluding carboxylic acids is 1. The van der Waals surface area contributed by atoms with Crippen LogP contribution in [-0.4, -0.2) is 17.1 Å². The summed E-state index contributed by atoms with van der Waals surface area (Å²) in [6, 6.07) is 6.18. The van der Waals surface area contributed by atoms with Crippen molar-refractivity contribution in [3.05, 3.63) is 56.4 Å². The van der Waals surface area contributed by atoms with E-state index in [4.69, 9.17) is 4.74 Å². The van der Waals surface area contributed by atoms with Gasteiger partial charge in [-0.05, 0) is 31.0 Å². The van der Waals surface area contributed by atoms with E-state index in [9.17, 15) is 14.0 Å². The van der Waals surface area contributed by atoms with E-state index < -0.39 is 0 Å². The van der Waals surface area contributed by atoms with Crippen molar-refractivity contribution in [2.45, 2.75) is 26.8 Å². The molecule has 0 amide bonds. The van der Waals surface area contributed by atoms with Crippen LogP contribution >= 0.6 is 11.3 Å². The molecule has 1 unspecified atom stereocenters. The van der Waals surface area contributed by atoms with E-state index in [-0.39, 0.29) is 29.2 Å². The summed E-state index contributed by atoms with van der Waals surface area (Å²) in [7, 11) is 0. The number of aromatic nitrogens is 1. The second-order valence-corrected chi connectivity index (χ2v) is 6.02. The first kappa shape index (κ1) is 16.4. The van der Waals surface area contributed by atoms with Gasteiger partial charge in [-0.25, -0.2) is 4.39 Å². The third-order valence-electron chi connectivity index (χ3n) is 3.37. The quantitative estimate of drug-likeness (QED) is 0.768. The van der Waals surface area contributed by atoms with E-state index in [0.29, 0.717) is 13.0 Å². The van der Waals surface area contributed by atoms with Gasteiger partial charge in [-0.15, -0.1) is 0 Å². The Bertz CT molecular complexity index is 707. The minimum absolute atomic E-state index is 0.0543. The van der Waals surface area contributed by atoms with Crippen molar-refractivity contribution in [2.75, 3.05) is 6.61 Å². The average Bonchev–Trinajstić information content (AvgIpc) is 2.78. The number of nitrogens with zero attached hydrogens (tertiary/aromatic N) is 1. The van der Waals surface area contributed by atoms with Gasteiger partial charge in [-0.3, -0.25) is 14.2 Å². The van der Waals surface area contributed by atoms with E-state index in [0.717, 1.165) is 22.6 Å². The Morgan fingerprint density at radius 2 is 2.23 bits per heavy atom. The molecule has 1 aromatic carbocycles. The summed E-state index contributed by atoms with van der Waals surface area (Å²) in [6.07, 6.45) is 0.425. The number of benzene rings is 1. The van der Waals surface area contributed by atoms with Crippen LogP contribution in [0.1, 0.15) is 18.2 Å². The summed E-state index contributed by atoms with van der Waals surface area (Å²) in [5.74, 6) is -1.02. The maximum Gasteiger partial charge on any atom is 0.309 e. The molecule has 1 atom stereocenters. The van der Waals surface area contributed by atoms with Crippen molar-refractivity contribution in [1.82, 2.24) is 4.57 Å². The molecule has 1 heterocycles. The van der Waals surface area contributed by atoms with E-state index in [1.54, 1.807) is 29.0 Å². The minimum atomic E-state index is -0.359. The number of thiazole rings is 1. The maximum absolute atomic E-state index is 13.1. The number of halogens is 1. The number of rotatable bonds is 6. The number of hydrogen-bond acceptors (Lipinski definition) is 4. The van der Waals surface area contributed by atoms with Crippen molar-refractivity contribution < 1.29 is 13.9 Å². The van der Waals surface area contributed by atoms with Gasteiger partial charge in [0.05, 0.1) is 12.5 Å². The normalized spacial score (nSPS) is 12.1. The lowest BCUT2D eigenvalue weighted by atomic mass is 10.0. The standard InChI is InChI=1S/C16H18FNO3S/c1-11(8-13-4-3-5-14(17)9-13)15(19)21-7-6-18-12(2)10-22-16(18)20/h3-5,9-11H,6-8H2,1-2H3. The highest BCUT2D eigenvalue weighted by Gasteiger charge is 2.15. The van der Waals surface area contributed by atoms with Gasteiger partial charge in [0.25, 0.3) is 0 Å². The third-order valence-corrected chi connectivity index (χ3v) is 4.25. The Balaban J connectivity index is 1.83. The van der Waals surface area contributed by atoms with Crippen LogP contribution in [-0.2, 0) is 22.5 Å². The molecule has 0 aliphatic rings. The lowest BCUT2D eigenvalue weighted by Crippen LogP contribution is -2.22. The van der Waals surface area contributed by atoms with Crippen LogP contribution in [0.2, 0.25) is 0 Å². The molecule has 2 aromatic rings. The molecule has 6 heteroatoms. The Morgan fingerprint density at radius 1 is 1.45 bits per heavy atom. The van der Waals surface area contributed by atoms with Crippen molar-refractivity contribution >= 4 is 17.3 Å². The molecule has 0 aliphatic heterocycles. The van der Waals surface area contributed by atoms with Gasteiger partial charge in [0.1, 0.15) is 12.4 Å². The number of ether oxygens (including phenoxy) is 1. The topological polar surface area (TPSA) is 48.3 Å². The molecule has 0 fully saturated rings. The molecule has 0 N–H and O–H groups in total. The molecule has 0 bridgehead atoms. The lowest BCUT2D eigenvalue weighted by Gasteiger charge is -2.12. The number of aryl methyl sites for hydroxylation is 1. The summed E-state index contributed by atoms with van der Waals surface area (Å²) in [5.41, 5.74) is 1.62. The van der Waals surface area contributed by atoms with Gasteiger partial charge in [0.15, 0.2) is 0 Å². The summed E-state index contributed by atoms with van der Waals surface area (Å²) in [5, 5.41) is 1.77. The van der Waals surface area contributed by atoms with Crippen molar-refractivity contribution in [3.8, 4) is 0 Å². The largest absolute Gasteiger partial charge is 0.464 e. The predicted molar refractivity (Wildman–Crippen MR) is 83.5 cm³/mol. The summed E-state index contributed by atoms with van der Waals surface area (Å²) < 4.78 is 19.9. The lowest BCUT2D eigenvalue weighted by molar-refractivity contribution is -0.148. The van der Waals surface area contributed by atoms with Crippen LogP contribution in [0, 0.1) is 18.7 Å². The highest BCUT2D eigenvalue weighted by Crippen LogP contribution is 2.11. The molecule has 118 valence electrons. The fourth-order valence-electron chi connectivity index (χ4n) is 2.16. The Hall–Kier alpha value is -1.95. The molecule has 0 spiro atoms. The molecule has 0 radical (unpaired) electrons. The van der Waals surface area contributed by atoms with Crippen LogP contribution in [0.5, 0.6) is 0 Å². The van der Waals surface area contributed by atoms with Gasteiger partial charge < -0.3 is 4.74 Å². The molecular weight excluding hydrogens is 305 g/mol. The van der Waals surface area contributed by atoms with Crippen LogP contribution in [0.15, 0.2) is 34.4 Å². The van der Waals surface area contributed by atoms with Crippen LogP contribution in [0.3, 0.4) is 0 Å². The minimum Gasteiger partial charge on any atom is -0.464 e. The van der Waals surface area contributed by atoms with Crippen molar-refractivity contribution in [1.29, 1.82) is 0 Å². The molecule has 0 aliphatic carbocycles. The monoisotopic (exact) mass is 323 g/mol. The van der Waals surface area contributed by atoms with Crippen LogP contribution in [0.25, 0.3) is 0 Å². The van der Waals surface area contributed by atoms with Gasteiger partial charge in [0, 0.05) is 11.1 Å². The van der Waals surface area contributed by atoms with Crippen LogP contribution < -0.4 is 4.87 Å². The fraction of sp³-hybridized carbons (Fsp3) is 0.375. The number of carbonyl (C=O) groups is 1.